The molecule has 1 aromatic heterocycles. The van der Waals surface area contributed by atoms with E-state index in [4.69, 9.17) is 4.74 Å². The van der Waals surface area contributed by atoms with Crippen LogP contribution in [-0.4, -0.2) is 17.1 Å². The average molecular weight is 274 g/mol. The predicted molar refractivity (Wildman–Crippen MR) is 59.7 cm³/mol. The zero-order valence-corrected chi connectivity index (χ0v) is 9.99. The van der Waals surface area contributed by atoms with E-state index in [-0.39, 0.29) is 11.5 Å². The van der Waals surface area contributed by atoms with Gasteiger partial charge in [-0.3, -0.25) is 9.59 Å². The Labute approximate surface area is 96.0 Å². The third kappa shape index (κ3) is 4.29. The number of carbonyl (C=O) groups is 1. The molecule has 0 N–H and O–H groups in total. The van der Waals surface area contributed by atoms with Crippen LogP contribution in [-0.2, 0) is 16.1 Å². The minimum atomic E-state index is -0.295. The normalized spacial score (nSPS) is 10.0. The molecule has 0 saturated heterocycles. The summed E-state index contributed by atoms with van der Waals surface area (Å²) in [7, 11) is 0. The molecule has 4 nitrogen and oxygen atoms in total. The van der Waals surface area contributed by atoms with Crippen LogP contribution in [0, 0.1) is 0 Å². The molecule has 0 aliphatic heterocycles. The quantitative estimate of drug-likeness (QED) is 0.618. The number of carbonyl (C=O) groups excluding carboxylic acids is 1. The average Bonchev–Trinajstić information content (AvgIpc) is 2.17. The van der Waals surface area contributed by atoms with Crippen molar-refractivity contribution in [2.75, 3.05) is 6.61 Å². The van der Waals surface area contributed by atoms with E-state index in [2.05, 4.69) is 15.9 Å². The fourth-order valence-corrected chi connectivity index (χ4v) is 1.51. The number of nitrogens with zero attached hydrogens (tertiary/aromatic N) is 1. The van der Waals surface area contributed by atoms with E-state index in [1.807, 2.05) is 0 Å². The Morgan fingerprint density at radius 3 is 2.93 bits per heavy atom. The summed E-state index contributed by atoms with van der Waals surface area (Å²) in [5.74, 6) is -0.295. The Bertz CT molecular complexity index is 400. The van der Waals surface area contributed by atoms with Crippen LogP contribution < -0.4 is 5.56 Å². The number of hydrogen-bond acceptors (Lipinski definition) is 3. The molecular formula is C10H12BrNO3. The molecule has 0 fully saturated rings. The van der Waals surface area contributed by atoms with Gasteiger partial charge in [-0.05, 0) is 28.4 Å². The monoisotopic (exact) mass is 273 g/mol. The first-order chi connectivity index (χ1) is 7.09. The summed E-state index contributed by atoms with van der Waals surface area (Å²) in [5.41, 5.74) is -0.0546. The van der Waals surface area contributed by atoms with Gasteiger partial charge in [0.25, 0.3) is 5.56 Å². The van der Waals surface area contributed by atoms with Crippen LogP contribution in [0.5, 0.6) is 0 Å². The Morgan fingerprint density at radius 1 is 1.53 bits per heavy atom. The van der Waals surface area contributed by atoms with Crippen LogP contribution in [0.4, 0.5) is 0 Å². The molecule has 0 amide bonds. The van der Waals surface area contributed by atoms with E-state index in [1.165, 1.54) is 13.0 Å². The molecule has 0 aromatic carbocycles. The topological polar surface area (TPSA) is 48.3 Å². The van der Waals surface area contributed by atoms with Gasteiger partial charge in [0.05, 0.1) is 6.61 Å². The van der Waals surface area contributed by atoms with Crippen LogP contribution in [0.2, 0.25) is 0 Å². The van der Waals surface area contributed by atoms with Crippen molar-refractivity contribution in [3.8, 4) is 0 Å². The van der Waals surface area contributed by atoms with Crippen LogP contribution in [0.15, 0.2) is 27.6 Å². The fourth-order valence-electron chi connectivity index (χ4n) is 1.13. The molecular weight excluding hydrogens is 262 g/mol. The minimum Gasteiger partial charge on any atom is -0.466 e. The SMILES string of the molecule is CC(=O)OCCCn1cc(Br)ccc1=O. The highest BCUT2D eigenvalue weighted by Gasteiger charge is 1.98. The highest BCUT2D eigenvalue weighted by Crippen LogP contribution is 2.05. The molecule has 5 heteroatoms. The van der Waals surface area contributed by atoms with Gasteiger partial charge in [-0.1, -0.05) is 0 Å². The number of rotatable bonds is 4. The molecule has 0 aliphatic carbocycles. The van der Waals surface area contributed by atoms with Gasteiger partial charge in [-0.15, -0.1) is 0 Å². The number of hydrogen-bond donors (Lipinski definition) is 0. The predicted octanol–water partition coefficient (Wildman–Crippen LogP) is 1.56. The molecule has 0 aliphatic rings. The molecule has 1 aromatic rings. The van der Waals surface area contributed by atoms with Crippen molar-refractivity contribution in [2.24, 2.45) is 0 Å². The molecule has 15 heavy (non-hydrogen) atoms. The first kappa shape index (κ1) is 12.0. The second-order valence-electron chi connectivity index (χ2n) is 3.07. The van der Waals surface area contributed by atoms with E-state index < -0.39 is 0 Å². The summed E-state index contributed by atoms with van der Waals surface area (Å²) in [5, 5.41) is 0. The van der Waals surface area contributed by atoms with Crippen molar-refractivity contribution in [1.29, 1.82) is 0 Å². The van der Waals surface area contributed by atoms with Gasteiger partial charge >= 0.3 is 5.97 Å². The summed E-state index contributed by atoms with van der Waals surface area (Å²) in [4.78, 5) is 21.8. The van der Waals surface area contributed by atoms with E-state index in [9.17, 15) is 9.59 Å². The molecule has 0 bridgehead atoms. The van der Waals surface area contributed by atoms with E-state index in [0.717, 1.165) is 4.47 Å². The van der Waals surface area contributed by atoms with Crippen LogP contribution in [0.25, 0.3) is 0 Å². The zero-order chi connectivity index (χ0) is 11.3. The molecule has 0 atom stereocenters. The lowest BCUT2D eigenvalue weighted by atomic mass is 10.4. The van der Waals surface area contributed by atoms with Crippen molar-refractivity contribution in [3.05, 3.63) is 33.2 Å². The molecule has 0 saturated carbocycles. The highest BCUT2D eigenvalue weighted by atomic mass is 79.9. The van der Waals surface area contributed by atoms with Gasteiger partial charge in [0.1, 0.15) is 0 Å². The Balaban J connectivity index is 2.47. The van der Waals surface area contributed by atoms with Gasteiger partial charge in [-0.2, -0.15) is 0 Å². The number of halogens is 1. The number of aromatic nitrogens is 1. The van der Waals surface area contributed by atoms with Crippen molar-refractivity contribution < 1.29 is 9.53 Å². The maximum absolute atomic E-state index is 11.3. The van der Waals surface area contributed by atoms with Gasteiger partial charge < -0.3 is 9.30 Å². The maximum Gasteiger partial charge on any atom is 0.302 e. The summed E-state index contributed by atoms with van der Waals surface area (Å²) in [6, 6.07) is 3.20. The van der Waals surface area contributed by atoms with Gasteiger partial charge in [0.2, 0.25) is 0 Å². The highest BCUT2D eigenvalue weighted by molar-refractivity contribution is 9.10. The second-order valence-corrected chi connectivity index (χ2v) is 3.99. The number of aryl methyl sites for hydroxylation is 1. The lowest BCUT2D eigenvalue weighted by molar-refractivity contribution is -0.141. The molecule has 0 radical (unpaired) electrons. The van der Waals surface area contributed by atoms with E-state index >= 15 is 0 Å². The van der Waals surface area contributed by atoms with Crippen molar-refractivity contribution in [1.82, 2.24) is 4.57 Å². The number of ether oxygens (including phenoxy) is 1. The molecule has 1 rings (SSSR count). The fraction of sp³-hybridized carbons (Fsp3) is 0.400. The zero-order valence-electron chi connectivity index (χ0n) is 8.40. The first-order valence-electron chi connectivity index (χ1n) is 4.59. The van der Waals surface area contributed by atoms with Gasteiger partial charge in [0, 0.05) is 30.2 Å². The summed E-state index contributed by atoms with van der Waals surface area (Å²) >= 11 is 3.28. The standard InChI is InChI=1S/C10H12BrNO3/c1-8(13)15-6-2-5-12-7-9(11)3-4-10(12)14/h3-4,7H,2,5-6H2,1H3. The van der Waals surface area contributed by atoms with Crippen LogP contribution in [0.3, 0.4) is 0 Å². The summed E-state index contributed by atoms with van der Waals surface area (Å²) < 4.78 is 7.20. The molecule has 0 spiro atoms. The Morgan fingerprint density at radius 2 is 2.27 bits per heavy atom. The molecule has 1 heterocycles. The summed E-state index contributed by atoms with van der Waals surface area (Å²) in [6.07, 6.45) is 2.35. The third-order valence-corrected chi connectivity index (χ3v) is 2.27. The molecule has 0 unspecified atom stereocenters. The lowest BCUT2D eigenvalue weighted by Gasteiger charge is -2.05. The minimum absolute atomic E-state index is 0.0546. The lowest BCUT2D eigenvalue weighted by Crippen LogP contribution is -2.19. The van der Waals surface area contributed by atoms with E-state index in [0.29, 0.717) is 19.6 Å². The molecule has 82 valence electrons. The summed E-state index contributed by atoms with van der Waals surface area (Å²) in [6.45, 7) is 2.26. The first-order valence-corrected chi connectivity index (χ1v) is 5.38. The maximum atomic E-state index is 11.3. The largest absolute Gasteiger partial charge is 0.466 e. The number of pyridine rings is 1. The van der Waals surface area contributed by atoms with Gasteiger partial charge in [0.15, 0.2) is 0 Å². The Kier molecular flexibility index (Phi) is 4.55. The smallest absolute Gasteiger partial charge is 0.302 e. The van der Waals surface area contributed by atoms with Crippen molar-refractivity contribution in [2.45, 2.75) is 19.9 Å². The third-order valence-electron chi connectivity index (χ3n) is 1.80. The van der Waals surface area contributed by atoms with Gasteiger partial charge in [-0.25, -0.2) is 0 Å². The number of esters is 1. The Hall–Kier alpha value is -1.10. The second kappa shape index (κ2) is 5.70. The van der Waals surface area contributed by atoms with Crippen molar-refractivity contribution in [3.63, 3.8) is 0 Å². The van der Waals surface area contributed by atoms with Crippen LogP contribution in [0.1, 0.15) is 13.3 Å². The van der Waals surface area contributed by atoms with Crippen molar-refractivity contribution >= 4 is 21.9 Å². The van der Waals surface area contributed by atoms with Crippen LogP contribution >= 0.6 is 15.9 Å². The van der Waals surface area contributed by atoms with E-state index in [1.54, 1.807) is 16.8 Å².